The molecule has 1 aromatic heterocycles. The average molecular weight is 302 g/mol. The number of carboxylic acid groups (broad SMARTS) is 1. The van der Waals surface area contributed by atoms with E-state index in [0.29, 0.717) is 19.4 Å². The zero-order valence-electron chi connectivity index (χ0n) is 10.3. The fraction of sp³-hybridized carbons (Fsp3) is 0.500. The van der Waals surface area contributed by atoms with Gasteiger partial charge in [-0.15, -0.1) is 0 Å². The van der Waals surface area contributed by atoms with E-state index < -0.39 is 11.0 Å². The quantitative estimate of drug-likeness (QED) is 0.494. The van der Waals surface area contributed by atoms with Crippen LogP contribution in [-0.4, -0.2) is 50.1 Å². The lowest BCUT2D eigenvalue weighted by atomic mass is 10.1. The van der Waals surface area contributed by atoms with Gasteiger partial charge in [0.2, 0.25) is 11.1 Å². The Morgan fingerprint density at radius 3 is 3.05 bits per heavy atom. The van der Waals surface area contributed by atoms with Crippen molar-refractivity contribution in [3.63, 3.8) is 0 Å². The van der Waals surface area contributed by atoms with E-state index in [4.69, 9.17) is 16.7 Å². The maximum absolute atomic E-state index is 10.9. The lowest BCUT2D eigenvalue weighted by Crippen LogP contribution is -2.44. The number of anilines is 1. The summed E-state index contributed by atoms with van der Waals surface area (Å²) < 4.78 is 0. The summed E-state index contributed by atoms with van der Waals surface area (Å²) in [6.07, 6.45) is 1.39. The molecule has 0 radical (unpaired) electrons. The van der Waals surface area contributed by atoms with Gasteiger partial charge in [0.15, 0.2) is 0 Å². The molecule has 0 aliphatic carbocycles. The fourth-order valence-corrected chi connectivity index (χ4v) is 2.19. The van der Waals surface area contributed by atoms with Gasteiger partial charge in [-0.25, -0.2) is 9.78 Å². The molecule has 0 spiro atoms. The van der Waals surface area contributed by atoms with E-state index in [1.807, 2.05) is 0 Å². The molecule has 10 heteroatoms. The normalized spacial score (nSPS) is 18.6. The van der Waals surface area contributed by atoms with Crippen LogP contribution in [0.1, 0.15) is 12.8 Å². The van der Waals surface area contributed by atoms with Crippen LogP contribution in [0.5, 0.6) is 0 Å². The van der Waals surface area contributed by atoms with Crippen molar-refractivity contribution in [2.45, 2.75) is 18.9 Å². The zero-order chi connectivity index (χ0) is 14.7. The molecule has 0 saturated carbocycles. The van der Waals surface area contributed by atoms with Crippen LogP contribution in [0.2, 0.25) is 5.28 Å². The first-order valence-corrected chi connectivity index (χ1v) is 6.26. The number of nitrogens with zero attached hydrogens (tertiary/aromatic N) is 4. The van der Waals surface area contributed by atoms with E-state index in [1.54, 1.807) is 0 Å². The third kappa shape index (κ3) is 3.23. The molecular formula is C10H12ClN5O4. The largest absolute Gasteiger partial charge is 0.465 e. The van der Waals surface area contributed by atoms with Gasteiger partial charge in [-0.1, -0.05) is 0 Å². The molecule has 2 rings (SSSR count). The molecular weight excluding hydrogens is 290 g/mol. The van der Waals surface area contributed by atoms with Gasteiger partial charge in [-0.3, -0.25) is 10.1 Å². The first-order chi connectivity index (χ1) is 9.47. The third-order valence-electron chi connectivity index (χ3n) is 2.97. The SMILES string of the molecule is O=C(O)N1CCCC(Nc2nc(Cl)ncc2[N+](=O)[O-])C1. The molecule has 1 amide bonds. The summed E-state index contributed by atoms with van der Waals surface area (Å²) in [6, 6.07) is -0.246. The van der Waals surface area contributed by atoms with Gasteiger partial charge >= 0.3 is 11.8 Å². The molecule has 2 heterocycles. The van der Waals surface area contributed by atoms with Gasteiger partial charge in [0.25, 0.3) is 0 Å². The molecule has 108 valence electrons. The van der Waals surface area contributed by atoms with Crippen LogP contribution in [0.15, 0.2) is 6.20 Å². The van der Waals surface area contributed by atoms with Crippen LogP contribution < -0.4 is 5.32 Å². The van der Waals surface area contributed by atoms with Crippen LogP contribution in [-0.2, 0) is 0 Å². The fourth-order valence-electron chi connectivity index (χ4n) is 2.06. The van der Waals surface area contributed by atoms with Crippen molar-refractivity contribution < 1.29 is 14.8 Å². The Morgan fingerprint density at radius 2 is 2.40 bits per heavy atom. The maximum atomic E-state index is 10.9. The number of amides is 1. The highest BCUT2D eigenvalue weighted by Gasteiger charge is 2.26. The van der Waals surface area contributed by atoms with E-state index in [9.17, 15) is 14.9 Å². The van der Waals surface area contributed by atoms with E-state index in [2.05, 4.69) is 15.3 Å². The second-order valence-electron chi connectivity index (χ2n) is 4.34. The Bertz CT molecular complexity index is 540. The Labute approximate surface area is 118 Å². The highest BCUT2D eigenvalue weighted by Crippen LogP contribution is 2.24. The lowest BCUT2D eigenvalue weighted by Gasteiger charge is -2.31. The van der Waals surface area contributed by atoms with E-state index in [-0.39, 0.29) is 29.4 Å². The number of piperidine rings is 1. The van der Waals surface area contributed by atoms with Crippen molar-refractivity contribution in [1.29, 1.82) is 0 Å². The zero-order valence-corrected chi connectivity index (χ0v) is 11.1. The number of rotatable bonds is 3. The summed E-state index contributed by atoms with van der Waals surface area (Å²) in [5.41, 5.74) is -0.290. The Morgan fingerprint density at radius 1 is 1.65 bits per heavy atom. The van der Waals surface area contributed by atoms with Crippen LogP contribution in [0, 0.1) is 10.1 Å². The van der Waals surface area contributed by atoms with Crippen molar-refractivity contribution in [2.24, 2.45) is 0 Å². The molecule has 1 atom stereocenters. The van der Waals surface area contributed by atoms with Gasteiger partial charge in [-0.05, 0) is 24.4 Å². The molecule has 1 unspecified atom stereocenters. The highest BCUT2D eigenvalue weighted by atomic mass is 35.5. The number of nitrogens with one attached hydrogen (secondary N) is 1. The second kappa shape index (κ2) is 5.87. The molecule has 1 aromatic rings. The smallest absolute Gasteiger partial charge is 0.407 e. The van der Waals surface area contributed by atoms with Crippen LogP contribution >= 0.6 is 11.6 Å². The third-order valence-corrected chi connectivity index (χ3v) is 3.15. The molecule has 1 aliphatic heterocycles. The number of halogens is 1. The molecule has 0 bridgehead atoms. The number of hydrogen-bond donors (Lipinski definition) is 2. The van der Waals surface area contributed by atoms with Gasteiger partial charge in [0.05, 0.1) is 4.92 Å². The van der Waals surface area contributed by atoms with Crippen molar-refractivity contribution in [2.75, 3.05) is 18.4 Å². The predicted molar refractivity (Wildman–Crippen MR) is 69.9 cm³/mol. The van der Waals surface area contributed by atoms with E-state index >= 15 is 0 Å². The minimum atomic E-state index is -1.01. The molecule has 1 saturated heterocycles. The number of hydrogen-bond acceptors (Lipinski definition) is 6. The van der Waals surface area contributed by atoms with E-state index in [1.165, 1.54) is 4.90 Å². The monoisotopic (exact) mass is 301 g/mol. The van der Waals surface area contributed by atoms with Crippen molar-refractivity contribution >= 4 is 29.2 Å². The maximum Gasteiger partial charge on any atom is 0.407 e. The molecule has 2 N–H and O–H groups in total. The van der Waals surface area contributed by atoms with Crippen molar-refractivity contribution in [3.8, 4) is 0 Å². The summed E-state index contributed by atoms with van der Waals surface area (Å²) in [6.45, 7) is 0.703. The molecule has 9 nitrogen and oxygen atoms in total. The van der Waals surface area contributed by atoms with E-state index in [0.717, 1.165) is 6.20 Å². The van der Waals surface area contributed by atoms with Crippen LogP contribution in [0.3, 0.4) is 0 Å². The molecule has 0 aromatic carbocycles. The van der Waals surface area contributed by atoms with Crippen molar-refractivity contribution in [1.82, 2.24) is 14.9 Å². The van der Waals surface area contributed by atoms with Gasteiger partial charge < -0.3 is 15.3 Å². The highest BCUT2D eigenvalue weighted by molar-refractivity contribution is 6.28. The predicted octanol–water partition coefficient (Wildman–Crippen LogP) is 1.59. The summed E-state index contributed by atoms with van der Waals surface area (Å²) in [5, 5.41) is 22.6. The van der Waals surface area contributed by atoms with Crippen LogP contribution in [0.4, 0.5) is 16.3 Å². The Kier molecular flexibility index (Phi) is 4.18. The molecule has 1 aliphatic rings. The Balaban J connectivity index is 2.15. The Hall–Kier alpha value is -2.16. The topological polar surface area (TPSA) is 121 Å². The minimum absolute atomic E-state index is 0.00670. The first-order valence-electron chi connectivity index (χ1n) is 5.88. The molecule has 1 fully saturated rings. The minimum Gasteiger partial charge on any atom is -0.465 e. The summed E-state index contributed by atoms with van der Waals surface area (Å²) in [7, 11) is 0. The number of likely N-dealkylation sites (tertiary alicyclic amines) is 1. The van der Waals surface area contributed by atoms with Crippen LogP contribution in [0.25, 0.3) is 0 Å². The van der Waals surface area contributed by atoms with Crippen molar-refractivity contribution in [3.05, 3.63) is 21.6 Å². The summed E-state index contributed by atoms with van der Waals surface area (Å²) >= 11 is 5.63. The summed E-state index contributed by atoms with van der Waals surface area (Å²) in [4.78, 5) is 29.8. The van der Waals surface area contributed by atoms with Gasteiger partial charge in [0, 0.05) is 19.1 Å². The lowest BCUT2D eigenvalue weighted by molar-refractivity contribution is -0.384. The number of aromatic nitrogens is 2. The number of nitro groups is 1. The second-order valence-corrected chi connectivity index (χ2v) is 4.68. The average Bonchev–Trinajstić information content (AvgIpc) is 2.38. The number of carbonyl (C=O) groups is 1. The molecule has 20 heavy (non-hydrogen) atoms. The van der Waals surface area contributed by atoms with Gasteiger partial charge in [0.1, 0.15) is 6.20 Å². The standard InChI is InChI=1S/C10H12ClN5O4/c11-9-12-4-7(16(19)20)8(14-9)13-6-2-1-3-15(5-6)10(17)18/h4,6H,1-3,5H2,(H,17,18)(H,12,13,14). The van der Waals surface area contributed by atoms with Gasteiger partial charge in [-0.2, -0.15) is 4.98 Å². The summed E-state index contributed by atoms with van der Waals surface area (Å²) in [5.74, 6) is 0.00670. The first kappa shape index (κ1) is 14.3.